The van der Waals surface area contributed by atoms with Crippen molar-refractivity contribution in [2.45, 2.75) is 17.7 Å². The number of amides is 1. The number of methoxy groups -OCH3 is 2. The van der Waals surface area contributed by atoms with Crippen LogP contribution in [0.5, 0.6) is 11.5 Å². The highest BCUT2D eigenvalue weighted by Crippen LogP contribution is 2.37. The number of hydrogen-bond acceptors (Lipinski definition) is 5. The lowest BCUT2D eigenvalue weighted by Gasteiger charge is -2.15. The smallest absolute Gasteiger partial charge is 0.262 e. The average molecular weight is 459 g/mol. The van der Waals surface area contributed by atoms with Crippen LogP contribution in [0.15, 0.2) is 35.2 Å². The van der Waals surface area contributed by atoms with Crippen LogP contribution in [0.25, 0.3) is 0 Å². The third kappa shape index (κ3) is 5.07. The predicted octanol–water partition coefficient (Wildman–Crippen LogP) is 3.95. The number of rotatable bonds is 8. The van der Waals surface area contributed by atoms with E-state index in [-0.39, 0.29) is 31.9 Å². The molecule has 0 unspecified atom stereocenters. The van der Waals surface area contributed by atoms with Crippen LogP contribution in [-0.2, 0) is 10.0 Å². The second-order valence-corrected chi connectivity index (χ2v) is 9.08. The summed E-state index contributed by atoms with van der Waals surface area (Å²) in [4.78, 5) is 12.3. The molecule has 0 spiro atoms. The van der Waals surface area contributed by atoms with Crippen molar-refractivity contribution >= 4 is 44.8 Å². The van der Waals surface area contributed by atoms with E-state index < -0.39 is 15.9 Å². The Hall–Kier alpha value is -2.16. The van der Waals surface area contributed by atoms with Gasteiger partial charge in [0.1, 0.15) is 11.5 Å². The fourth-order valence-electron chi connectivity index (χ4n) is 2.64. The minimum absolute atomic E-state index is 0.0925. The lowest BCUT2D eigenvalue weighted by molar-refractivity contribution is 0.0951. The molecule has 1 aliphatic rings. The minimum Gasteiger partial charge on any atom is -0.495 e. The summed E-state index contributed by atoms with van der Waals surface area (Å²) in [6.07, 6.45) is 2.16. The van der Waals surface area contributed by atoms with Crippen LogP contribution in [0, 0.1) is 5.92 Å². The van der Waals surface area contributed by atoms with Gasteiger partial charge in [-0.1, -0.05) is 23.2 Å². The fraction of sp³-hybridized carbons (Fsp3) is 0.316. The third-order valence-electron chi connectivity index (χ3n) is 4.46. The molecule has 0 saturated heterocycles. The van der Waals surface area contributed by atoms with E-state index in [4.69, 9.17) is 32.7 Å². The van der Waals surface area contributed by atoms with Crippen molar-refractivity contribution < 1.29 is 22.7 Å². The Labute approximate surface area is 179 Å². The molecular weight excluding hydrogens is 439 g/mol. The monoisotopic (exact) mass is 458 g/mol. The van der Waals surface area contributed by atoms with Gasteiger partial charge in [-0.3, -0.25) is 9.52 Å². The first kappa shape index (κ1) is 21.5. The van der Waals surface area contributed by atoms with Gasteiger partial charge in [0.2, 0.25) is 0 Å². The van der Waals surface area contributed by atoms with Crippen molar-refractivity contribution in [2.24, 2.45) is 5.92 Å². The molecule has 10 heteroatoms. The first-order valence-corrected chi connectivity index (χ1v) is 11.0. The van der Waals surface area contributed by atoms with Crippen LogP contribution in [0.2, 0.25) is 10.0 Å². The van der Waals surface area contributed by atoms with Crippen molar-refractivity contribution in [3.8, 4) is 11.5 Å². The van der Waals surface area contributed by atoms with Gasteiger partial charge in [-0.05, 0) is 43.0 Å². The molecule has 0 radical (unpaired) electrons. The second-order valence-electron chi connectivity index (χ2n) is 6.59. The summed E-state index contributed by atoms with van der Waals surface area (Å²) in [6, 6.07) is 6.79. The summed E-state index contributed by atoms with van der Waals surface area (Å²) in [5.41, 5.74) is 0.225. The number of carbonyl (C=O) groups excluding carboxylic acids is 1. The molecule has 7 nitrogen and oxygen atoms in total. The fourth-order valence-corrected chi connectivity index (χ4v) is 4.17. The number of nitrogens with one attached hydrogen (secondary N) is 2. The molecule has 1 saturated carbocycles. The van der Waals surface area contributed by atoms with Gasteiger partial charge < -0.3 is 14.8 Å². The molecule has 1 aliphatic carbocycles. The molecule has 0 atom stereocenters. The van der Waals surface area contributed by atoms with E-state index >= 15 is 0 Å². The van der Waals surface area contributed by atoms with Gasteiger partial charge in [0.25, 0.3) is 15.9 Å². The number of hydrogen-bond donors (Lipinski definition) is 2. The maximum absolute atomic E-state index is 12.9. The molecule has 0 heterocycles. The predicted molar refractivity (Wildman–Crippen MR) is 112 cm³/mol. The van der Waals surface area contributed by atoms with Gasteiger partial charge in [-0.2, -0.15) is 0 Å². The van der Waals surface area contributed by atoms with Crippen molar-refractivity contribution in [1.29, 1.82) is 0 Å². The lowest BCUT2D eigenvalue weighted by atomic mass is 10.2. The highest BCUT2D eigenvalue weighted by Gasteiger charge is 2.24. The van der Waals surface area contributed by atoms with Crippen LogP contribution in [0.3, 0.4) is 0 Å². The minimum atomic E-state index is -4.04. The quantitative estimate of drug-likeness (QED) is 0.624. The van der Waals surface area contributed by atoms with Crippen LogP contribution >= 0.6 is 23.2 Å². The van der Waals surface area contributed by atoms with Crippen molar-refractivity contribution in [2.75, 3.05) is 25.5 Å². The molecule has 29 heavy (non-hydrogen) atoms. The molecular formula is C19H20Cl2N2O5S. The molecule has 1 fully saturated rings. The van der Waals surface area contributed by atoms with Crippen LogP contribution in [0.1, 0.15) is 23.2 Å². The Balaban J connectivity index is 1.88. The Morgan fingerprint density at radius 1 is 1.07 bits per heavy atom. The van der Waals surface area contributed by atoms with E-state index in [1.165, 1.54) is 44.6 Å². The number of ether oxygens (including phenoxy) is 2. The highest BCUT2D eigenvalue weighted by atomic mass is 35.5. The van der Waals surface area contributed by atoms with Crippen LogP contribution in [-0.4, -0.2) is 35.1 Å². The van der Waals surface area contributed by atoms with Gasteiger partial charge in [-0.25, -0.2) is 8.42 Å². The van der Waals surface area contributed by atoms with Gasteiger partial charge in [0.05, 0.1) is 40.4 Å². The first-order valence-electron chi connectivity index (χ1n) is 8.77. The number of benzene rings is 2. The SMILES string of the molecule is COc1cc(OC)c(NS(=O)(=O)c2ccc(Cl)c(C(=O)NCC3CC3)c2)cc1Cl. The zero-order valence-electron chi connectivity index (χ0n) is 15.8. The second kappa shape index (κ2) is 8.69. The van der Waals surface area contributed by atoms with Crippen LogP contribution < -0.4 is 19.5 Å². The molecule has 2 N–H and O–H groups in total. The lowest BCUT2D eigenvalue weighted by Crippen LogP contribution is -2.26. The number of halogens is 2. The molecule has 156 valence electrons. The Bertz CT molecular complexity index is 1040. The molecule has 3 rings (SSSR count). The molecule has 1 amide bonds. The summed E-state index contributed by atoms with van der Waals surface area (Å²) >= 11 is 12.2. The average Bonchev–Trinajstić information content (AvgIpc) is 3.50. The zero-order valence-corrected chi connectivity index (χ0v) is 18.1. The van der Waals surface area contributed by atoms with Gasteiger partial charge in [0, 0.05) is 12.6 Å². The van der Waals surface area contributed by atoms with E-state index in [9.17, 15) is 13.2 Å². The summed E-state index contributed by atoms with van der Waals surface area (Å²) in [7, 11) is -1.21. The topological polar surface area (TPSA) is 93.7 Å². The summed E-state index contributed by atoms with van der Waals surface area (Å²) in [5, 5.41) is 3.16. The number of carbonyl (C=O) groups is 1. The standard InChI is InChI=1S/C19H20Cl2N2O5S/c1-27-17-9-18(28-2)16(8-15(17)21)23-29(25,26)12-5-6-14(20)13(7-12)19(24)22-10-11-3-4-11/h5-9,11,23H,3-4,10H2,1-2H3,(H,22,24). The van der Waals surface area contributed by atoms with E-state index in [0.29, 0.717) is 18.2 Å². The summed E-state index contributed by atoms with van der Waals surface area (Å²) < 4.78 is 38.5. The van der Waals surface area contributed by atoms with Crippen molar-refractivity contribution in [3.05, 3.63) is 45.9 Å². The van der Waals surface area contributed by atoms with Gasteiger partial charge >= 0.3 is 0 Å². The Morgan fingerprint density at radius 3 is 2.38 bits per heavy atom. The molecule has 2 aromatic carbocycles. The summed E-state index contributed by atoms with van der Waals surface area (Å²) in [6.45, 7) is 0.548. The van der Waals surface area contributed by atoms with E-state index in [1.54, 1.807) is 0 Å². The molecule has 0 bridgehead atoms. The maximum Gasteiger partial charge on any atom is 0.262 e. The van der Waals surface area contributed by atoms with Gasteiger partial charge in [-0.15, -0.1) is 0 Å². The maximum atomic E-state index is 12.9. The largest absolute Gasteiger partial charge is 0.495 e. The number of anilines is 1. The highest BCUT2D eigenvalue weighted by molar-refractivity contribution is 7.92. The van der Waals surface area contributed by atoms with E-state index in [2.05, 4.69) is 10.0 Å². The molecule has 2 aromatic rings. The van der Waals surface area contributed by atoms with Crippen molar-refractivity contribution in [1.82, 2.24) is 5.32 Å². The van der Waals surface area contributed by atoms with Gasteiger partial charge in [0.15, 0.2) is 0 Å². The Kier molecular flexibility index (Phi) is 6.45. The first-order chi connectivity index (χ1) is 13.7. The van der Waals surface area contributed by atoms with Crippen molar-refractivity contribution in [3.63, 3.8) is 0 Å². The van der Waals surface area contributed by atoms with Crippen LogP contribution in [0.4, 0.5) is 5.69 Å². The normalized spacial score (nSPS) is 13.7. The van der Waals surface area contributed by atoms with E-state index in [1.807, 2.05) is 0 Å². The number of sulfonamides is 1. The molecule has 0 aromatic heterocycles. The zero-order chi connectivity index (χ0) is 21.2. The third-order valence-corrected chi connectivity index (χ3v) is 6.45. The summed E-state index contributed by atoms with van der Waals surface area (Å²) in [5.74, 6) is 0.640. The Morgan fingerprint density at radius 2 is 1.76 bits per heavy atom. The van der Waals surface area contributed by atoms with E-state index in [0.717, 1.165) is 12.8 Å². The molecule has 0 aliphatic heterocycles.